The minimum absolute atomic E-state index is 0.0113. The van der Waals surface area contributed by atoms with Crippen LogP contribution in [0.1, 0.15) is 64.3 Å². The lowest BCUT2D eigenvalue weighted by atomic mass is 9.97. The smallest absolute Gasteiger partial charge is 0.251 e. The number of benzene rings is 4. The Kier molecular flexibility index (Phi) is 9.76. The van der Waals surface area contributed by atoms with Crippen molar-refractivity contribution in [1.29, 1.82) is 0 Å². The number of nitrogens with zero attached hydrogens (tertiary/aromatic N) is 1. The summed E-state index contributed by atoms with van der Waals surface area (Å²) >= 11 is 0. The standard InChI is InChI=1S/C39H42N2O6/c42-27-28-12-14-30(15-13-28)36-24-35(26-41-18-16-39(17-19-41)44-20-21-45-39)46-38(47-36)34-11-5-10-33(23-34)32-9-4-6-29(22-32)25-40-37(43)31-7-2-1-3-8-31/h1-15,22-23,35-36,38,42H,16-21,24-27H2,(H,40,43)/t35-,36+,38+/m1/s1. The second kappa shape index (κ2) is 14.5. The van der Waals surface area contributed by atoms with Crippen LogP contribution in [0.2, 0.25) is 0 Å². The van der Waals surface area contributed by atoms with Crippen LogP contribution in [0, 0.1) is 0 Å². The molecule has 0 unspecified atom stereocenters. The van der Waals surface area contributed by atoms with E-state index in [9.17, 15) is 9.90 Å². The van der Waals surface area contributed by atoms with E-state index in [1.807, 2.05) is 72.8 Å². The van der Waals surface area contributed by atoms with E-state index in [0.29, 0.717) is 25.3 Å². The normalized spacial score (nSPS) is 22.7. The van der Waals surface area contributed by atoms with Crippen molar-refractivity contribution in [2.45, 2.75) is 56.7 Å². The maximum absolute atomic E-state index is 12.6. The summed E-state index contributed by atoms with van der Waals surface area (Å²) in [6.45, 7) is 4.41. The van der Waals surface area contributed by atoms with Gasteiger partial charge in [0, 0.05) is 56.6 Å². The monoisotopic (exact) mass is 634 g/mol. The van der Waals surface area contributed by atoms with Crippen LogP contribution < -0.4 is 5.32 Å². The average Bonchev–Trinajstić information content (AvgIpc) is 3.60. The number of likely N-dealkylation sites (tertiary alicyclic amines) is 1. The van der Waals surface area contributed by atoms with Gasteiger partial charge < -0.3 is 34.3 Å². The van der Waals surface area contributed by atoms with E-state index >= 15 is 0 Å². The fourth-order valence-corrected chi connectivity index (χ4v) is 6.78. The molecule has 4 aromatic rings. The first kappa shape index (κ1) is 31.7. The SMILES string of the molecule is O=C(NCc1cccc(-c2cccc([C@H]3O[C@@H](CN4CCC5(CC4)OCCO5)C[C@@H](c4ccc(CO)cc4)O3)c2)c1)c1ccccc1. The molecule has 47 heavy (non-hydrogen) atoms. The van der Waals surface area contributed by atoms with Gasteiger partial charge in [-0.1, -0.05) is 78.9 Å². The molecule has 3 atom stereocenters. The van der Waals surface area contributed by atoms with Crippen molar-refractivity contribution < 1.29 is 28.8 Å². The number of carbonyl (C=O) groups is 1. The lowest BCUT2D eigenvalue weighted by Crippen LogP contribution is -2.48. The van der Waals surface area contributed by atoms with Crippen molar-refractivity contribution in [1.82, 2.24) is 10.2 Å². The number of rotatable bonds is 9. The van der Waals surface area contributed by atoms with Crippen molar-refractivity contribution in [3.8, 4) is 11.1 Å². The van der Waals surface area contributed by atoms with E-state index in [1.165, 1.54) is 0 Å². The third kappa shape index (κ3) is 7.65. The minimum atomic E-state index is -0.540. The minimum Gasteiger partial charge on any atom is -0.392 e. The molecule has 3 fully saturated rings. The van der Waals surface area contributed by atoms with Crippen molar-refractivity contribution >= 4 is 5.91 Å². The number of nitrogens with one attached hydrogen (secondary N) is 1. The predicted molar refractivity (Wildman–Crippen MR) is 178 cm³/mol. The van der Waals surface area contributed by atoms with E-state index in [-0.39, 0.29) is 24.7 Å². The van der Waals surface area contributed by atoms with E-state index in [0.717, 1.165) is 72.3 Å². The Bertz CT molecular complexity index is 1630. The Hall–Kier alpha value is -3.89. The predicted octanol–water partition coefficient (Wildman–Crippen LogP) is 6.16. The summed E-state index contributed by atoms with van der Waals surface area (Å²) < 4.78 is 25.3. The summed E-state index contributed by atoms with van der Waals surface area (Å²) in [5.41, 5.74) is 6.68. The molecule has 0 aromatic heterocycles. The van der Waals surface area contributed by atoms with Crippen LogP contribution in [0.5, 0.6) is 0 Å². The summed E-state index contributed by atoms with van der Waals surface area (Å²) in [5, 5.41) is 12.6. The fraction of sp³-hybridized carbons (Fsp3) is 0.359. The number of carbonyl (C=O) groups excluding carboxylic acids is 1. The maximum atomic E-state index is 12.6. The van der Waals surface area contributed by atoms with Crippen LogP contribution in [0.15, 0.2) is 103 Å². The highest BCUT2D eigenvalue weighted by Crippen LogP contribution is 2.40. The van der Waals surface area contributed by atoms with Crippen molar-refractivity contribution in [3.63, 3.8) is 0 Å². The third-order valence-electron chi connectivity index (χ3n) is 9.42. The Balaban J connectivity index is 1.07. The summed E-state index contributed by atoms with van der Waals surface area (Å²) in [5.74, 6) is -0.499. The molecule has 0 bridgehead atoms. The average molecular weight is 635 g/mol. The van der Waals surface area contributed by atoms with E-state index in [1.54, 1.807) is 0 Å². The van der Waals surface area contributed by atoms with Gasteiger partial charge in [0.1, 0.15) is 0 Å². The molecule has 244 valence electrons. The molecule has 1 spiro atoms. The van der Waals surface area contributed by atoms with Gasteiger partial charge in [0.25, 0.3) is 5.91 Å². The second-order valence-corrected chi connectivity index (χ2v) is 12.6. The molecule has 0 radical (unpaired) electrons. The number of aliphatic hydroxyl groups is 1. The van der Waals surface area contributed by atoms with Gasteiger partial charge in [0.05, 0.1) is 32.0 Å². The molecule has 1 amide bonds. The number of hydrogen-bond acceptors (Lipinski definition) is 7. The third-order valence-corrected chi connectivity index (χ3v) is 9.42. The summed E-state index contributed by atoms with van der Waals surface area (Å²) in [7, 11) is 0. The second-order valence-electron chi connectivity index (χ2n) is 12.6. The van der Waals surface area contributed by atoms with Gasteiger partial charge in [-0.3, -0.25) is 4.79 Å². The zero-order valence-electron chi connectivity index (χ0n) is 26.6. The highest BCUT2D eigenvalue weighted by Gasteiger charge is 2.41. The van der Waals surface area contributed by atoms with Crippen LogP contribution in [0.25, 0.3) is 11.1 Å². The number of piperidine rings is 1. The highest BCUT2D eigenvalue weighted by molar-refractivity contribution is 5.94. The molecular formula is C39H42N2O6. The van der Waals surface area contributed by atoms with E-state index in [2.05, 4.69) is 40.5 Å². The first-order valence-electron chi connectivity index (χ1n) is 16.6. The van der Waals surface area contributed by atoms with Crippen molar-refractivity contribution in [3.05, 3.63) is 131 Å². The topological polar surface area (TPSA) is 89.5 Å². The van der Waals surface area contributed by atoms with Gasteiger partial charge >= 0.3 is 0 Å². The first-order valence-corrected chi connectivity index (χ1v) is 16.6. The van der Waals surface area contributed by atoms with Crippen LogP contribution in [-0.4, -0.2) is 60.7 Å². The van der Waals surface area contributed by atoms with E-state index < -0.39 is 12.1 Å². The number of amides is 1. The largest absolute Gasteiger partial charge is 0.392 e. The molecule has 0 aliphatic carbocycles. The van der Waals surface area contributed by atoms with Crippen molar-refractivity contribution in [2.75, 3.05) is 32.8 Å². The quantitative estimate of drug-likeness (QED) is 0.228. The molecule has 3 heterocycles. The summed E-state index contributed by atoms with van der Waals surface area (Å²) in [6, 6.07) is 33.8. The molecule has 3 aliphatic heterocycles. The molecule has 7 rings (SSSR count). The van der Waals surface area contributed by atoms with Gasteiger partial charge in [-0.15, -0.1) is 0 Å². The molecule has 0 saturated carbocycles. The molecule has 3 saturated heterocycles. The number of hydrogen-bond donors (Lipinski definition) is 2. The van der Waals surface area contributed by atoms with Gasteiger partial charge in [-0.05, 0) is 52.1 Å². The Morgan fingerprint density at radius 3 is 2.26 bits per heavy atom. The molecule has 3 aliphatic rings. The molecule has 2 N–H and O–H groups in total. The number of aliphatic hydroxyl groups excluding tert-OH is 1. The molecule has 8 nitrogen and oxygen atoms in total. The summed E-state index contributed by atoms with van der Waals surface area (Å²) in [6.07, 6.45) is 1.74. The Morgan fingerprint density at radius 1 is 0.787 bits per heavy atom. The Labute approximate surface area is 276 Å². The van der Waals surface area contributed by atoms with Crippen LogP contribution in [0.3, 0.4) is 0 Å². The van der Waals surface area contributed by atoms with Gasteiger partial charge in [0.15, 0.2) is 12.1 Å². The highest BCUT2D eigenvalue weighted by atomic mass is 16.7. The van der Waals surface area contributed by atoms with Crippen LogP contribution >= 0.6 is 0 Å². The molecular weight excluding hydrogens is 592 g/mol. The lowest BCUT2D eigenvalue weighted by Gasteiger charge is -2.41. The van der Waals surface area contributed by atoms with Gasteiger partial charge in [-0.25, -0.2) is 0 Å². The zero-order chi connectivity index (χ0) is 32.1. The molecule has 8 heteroatoms. The zero-order valence-corrected chi connectivity index (χ0v) is 26.6. The van der Waals surface area contributed by atoms with Crippen LogP contribution in [-0.2, 0) is 32.1 Å². The molecule has 4 aromatic carbocycles. The van der Waals surface area contributed by atoms with Gasteiger partial charge in [-0.2, -0.15) is 0 Å². The first-order chi connectivity index (χ1) is 23.1. The Morgan fingerprint density at radius 2 is 1.51 bits per heavy atom. The number of ether oxygens (including phenoxy) is 4. The van der Waals surface area contributed by atoms with Crippen molar-refractivity contribution in [2.24, 2.45) is 0 Å². The fourth-order valence-electron chi connectivity index (χ4n) is 6.78. The summed E-state index contributed by atoms with van der Waals surface area (Å²) in [4.78, 5) is 15.1. The lowest BCUT2D eigenvalue weighted by molar-refractivity contribution is -0.255. The van der Waals surface area contributed by atoms with Gasteiger partial charge in [0.2, 0.25) is 0 Å². The van der Waals surface area contributed by atoms with Crippen LogP contribution in [0.4, 0.5) is 0 Å². The van der Waals surface area contributed by atoms with E-state index in [4.69, 9.17) is 18.9 Å². The maximum Gasteiger partial charge on any atom is 0.251 e.